The number of para-hydroxylation sites is 1. The minimum Gasteiger partial charge on any atom is -0.324 e. The van der Waals surface area contributed by atoms with Gasteiger partial charge in [0, 0.05) is 5.69 Å². The first-order chi connectivity index (χ1) is 13.6. The van der Waals surface area contributed by atoms with Crippen molar-refractivity contribution in [3.8, 4) is 11.5 Å². The molecule has 0 aliphatic rings. The molecule has 2 aromatic heterocycles. The Morgan fingerprint density at radius 1 is 0.793 bits per heavy atom. The lowest BCUT2D eigenvalue weighted by Gasteiger charge is -2.19. The third-order valence-electron chi connectivity index (χ3n) is 3.38. The molecule has 7 nitrogen and oxygen atoms in total. The van der Waals surface area contributed by atoms with Crippen LogP contribution in [-0.2, 0) is 11.0 Å². The van der Waals surface area contributed by atoms with Crippen LogP contribution in [0.15, 0.2) is 48.5 Å². The summed E-state index contributed by atoms with van der Waals surface area (Å²) in [6, 6.07) is 12.6. The normalized spacial score (nSPS) is 11.9. The Balaban J connectivity index is 2.00. The van der Waals surface area contributed by atoms with Gasteiger partial charge in [-0.2, -0.15) is 28.1 Å². The number of nitrogens with zero attached hydrogens (tertiary/aromatic N) is 4. The fourth-order valence-corrected chi connectivity index (χ4v) is 2.16. The van der Waals surface area contributed by atoms with Gasteiger partial charge in [0.15, 0.2) is 5.82 Å². The molecule has 0 unspecified atom stereocenters. The number of nitrogens with one attached hydrogen (secondary N) is 2. The molecule has 2 N–H and O–H groups in total. The molecule has 2 heterocycles. The fraction of sp³-hybridized carbons (Fsp3) is 0.263. The van der Waals surface area contributed by atoms with Gasteiger partial charge >= 0.3 is 6.18 Å². The van der Waals surface area contributed by atoms with E-state index in [1.807, 2.05) is 39.0 Å². The van der Waals surface area contributed by atoms with Gasteiger partial charge in [-0.1, -0.05) is 24.3 Å². The molecule has 10 heteroatoms. The maximum atomic E-state index is 13.0. The summed E-state index contributed by atoms with van der Waals surface area (Å²) < 4.78 is 39.1. The minimum atomic E-state index is -4.58. The van der Waals surface area contributed by atoms with Crippen LogP contribution in [0.2, 0.25) is 0 Å². The average Bonchev–Trinajstić information content (AvgIpc) is 2.66. The number of pyridine rings is 1. The second-order valence-electron chi connectivity index (χ2n) is 7.02. The highest BCUT2D eigenvalue weighted by atomic mass is 19.4. The van der Waals surface area contributed by atoms with Gasteiger partial charge in [-0.15, -0.1) is 0 Å². The molecule has 152 valence electrons. The van der Waals surface area contributed by atoms with Crippen molar-refractivity contribution in [3.63, 3.8) is 0 Å². The van der Waals surface area contributed by atoms with E-state index < -0.39 is 17.5 Å². The van der Waals surface area contributed by atoms with E-state index in [1.165, 1.54) is 12.1 Å². The van der Waals surface area contributed by atoms with E-state index in [0.29, 0.717) is 5.69 Å². The Morgan fingerprint density at radius 2 is 1.48 bits per heavy atom. The molecule has 0 aliphatic carbocycles. The zero-order valence-electron chi connectivity index (χ0n) is 15.9. The topological polar surface area (TPSA) is 84.9 Å². The summed E-state index contributed by atoms with van der Waals surface area (Å²) >= 11 is 0. The Morgan fingerprint density at radius 3 is 2.14 bits per heavy atom. The number of alkyl halides is 3. The van der Waals surface area contributed by atoms with Crippen LogP contribution < -0.4 is 10.8 Å². The van der Waals surface area contributed by atoms with E-state index in [2.05, 4.69) is 30.7 Å². The zero-order valence-corrected chi connectivity index (χ0v) is 15.9. The van der Waals surface area contributed by atoms with Crippen LogP contribution in [0, 0.1) is 0 Å². The number of halogens is 3. The number of benzene rings is 1. The minimum absolute atomic E-state index is 0.0302. The first kappa shape index (κ1) is 20.5. The van der Waals surface area contributed by atoms with E-state index in [1.54, 1.807) is 12.1 Å². The van der Waals surface area contributed by atoms with Gasteiger partial charge in [0.1, 0.15) is 11.4 Å². The van der Waals surface area contributed by atoms with Crippen LogP contribution in [0.3, 0.4) is 0 Å². The summed E-state index contributed by atoms with van der Waals surface area (Å²) in [5, 5.41) is 2.99. The molecule has 0 saturated carbocycles. The van der Waals surface area contributed by atoms with Gasteiger partial charge in [-0.3, -0.25) is 4.84 Å². The van der Waals surface area contributed by atoms with Gasteiger partial charge in [0.25, 0.3) is 5.95 Å². The standard InChI is InChI=1S/C19H19F3N6O/c1-18(2,3)29-28-17-26-15(13-10-7-11-14(24-13)19(20,21)22)25-16(27-17)23-12-8-5-4-6-9-12/h4-11H,1-3H3,(H2,23,25,26,27,28). The van der Waals surface area contributed by atoms with E-state index in [4.69, 9.17) is 4.84 Å². The van der Waals surface area contributed by atoms with Crippen molar-refractivity contribution in [2.45, 2.75) is 32.5 Å². The zero-order chi connectivity index (χ0) is 21.1. The maximum Gasteiger partial charge on any atom is 0.433 e. The van der Waals surface area contributed by atoms with Crippen molar-refractivity contribution in [1.29, 1.82) is 0 Å². The van der Waals surface area contributed by atoms with E-state index in [9.17, 15) is 13.2 Å². The van der Waals surface area contributed by atoms with Crippen LogP contribution in [0.1, 0.15) is 26.5 Å². The third kappa shape index (κ3) is 5.85. The summed E-state index contributed by atoms with van der Waals surface area (Å²) in [7, 11) is 0. The predicted octanol–water partition coefficient (Wildman–Crippen LogP) is 4.84. The highest BCUT2D eigenvalue weighted by Crippen LogP contribution is 2.29. The number of hydrogen-bond acceptors (Lipinski definition) is 7. The van der Waals surface area contributed by atoms with Crippen LogP contribution in [0.25, 0.3) is 11.5 Å². The summed E-state index contributed by atoms with van der Waals surface area (Å²) in [5.41, 5.74) is 1.69. The monoisotopic (exact) mass is 404 g/mol. The summed E-state index contributed by atoms with van der Waals surface area (Å²) in [4.78, 5) is 21.7. The van der Waals surface area contributed by atoms with Gasteiger partial charge in [0.05, 0.1) is 5.60 Å². The van der Waals surface area contributed by atoms with Crippen molar-refractivity contribution in [2.24, 2.45) is 0 Å². The second-order valence-corrected chi connectivity index (χ2v) is 7.02. The van der Waals surface area contributed by atoms with E-state index in [-0.39, 0.29) is 23.4 Å². The quantitative estimate of drug-likeness (QED) is 0.589. The smallest absolute Gasteiger partial charge is 0.324 e. The lowest BCUT2D eigenvalue weighted by molar-refractivity contribution is -0.141. The molecule has 1 aromatic carbocycles. The first-order valence-corrected chi connectivity index (χ1v) is 8.67. The highest BCUT2D eigenvalue weighted by Gasteiger charge is 2.32. The lowest BCUT2D eigenvalue weighted by atomic mass is 10.2. The molecule has 0 atom stereocenters. The fourth-order valence-electron chi connectivity index (χ4n) is 2.16. The van der Waals surface area contributed by atoms with Gasteiger partial charge in [0.2, 0.25) is 5.95 Å². The molecule has 0 spiro atoms. The van der Waals surface area contributed by atoms with E-state index in [0.717, 1.165) is 6.07 Å². The van der Waals surface area contributed by atoms with Crippen molar-refractivity contribution < 1.29 is 18.0 Å². The summed E-state index contributed by atoms with van der Waals surface area (Å²) in [6.45, 7) is 5.46. The van der Waals surface area contributed by atoms with Gasteiger partial charge in [-0.25, -0.2) is 10.5 Å². The van der Waals surface area contributed by atoms with Crippen LogP contribution in [0.5, 0.6) is 0 Å². The predicted molar refractivity (Wildman–Crippen MR) is 102 cm³/mol. The Bertz CT molecular complexity index is 974. The molecule has 0 amide bonds. The highest BCUT2D eigenvalue weighted by molar-refractivity contribution is 5.58. The van der Waals surface area contributed by atoms with Crippen molar-refractivity contribution >= 4 is 17.6 Å². The van der Waals surface area contributed by atoms with Crippen LogP contribution in [-0.4, -0.2) is 25.5 Å². The molecule has 0 bridgehead atoms. The Hall–Kier alpha value is -3.27. The number of rotatable bonds is 5. The maximum absolute atomic E-state index is 13.0. The molecule has 3 aromatic rings. The molecular formula is C19H19F3N6O. The Kier molecular flexibility index (Phi) is 5.64. The number of hydrogen-bond donors (Lipinski definition) is 2. The van der Waals surface area contributed by atoms with Crippen molar-refractivity contribution in [3.05, 3.63) is 54.2 Å². The molecule has 0 fully saturated rings. The Labute approximate surface area is 165 Å². The van der Waals surface area contributed by atoms with Crippen LogP contribution >= 0.6 is 0 Å². The van der Waals surface area contributed by atoms with Crippen LogP contribution in [0.4, 0.5) is 30.8 Å². The second kappa shape index (κ2) is 8.00. The summed E-state index contributed by atoms with van der Waals surface area (Å²) in [6.07, 6.45) is -4.58. The van der Waals surface area contributed by atoms with Crippen molar-refractivity contribution in [2.75, 3.05) is 10.8 Å². The molecular weight excluding hydrogens is 385 g/mol. The van der Waals surface area contributed by atoms with E-state index >= 15 is 0 Å². The SMILES string of the molecule is CC(C)(C)ONc1nc(Nc2ccccc2)nc(-c2cccc(C(F)(F)F)n2)n1. The number of anilines is 3. The number of aromatic nitrogens is 4. The lowest BCUT2D eigenvalue weighted by Crippen LogP contribution is -2.24. The largest absolute Gasteiger partial charge is 0.433 e. The third-order valence-corrected chi connectivity index (χ3v) is 3.38. The summed E-state index contributed by atoms with van der Waals surface area (Å²) in [5.74, 6) is 0.118. The molecule has 29 heavy (non-hydrogen) atoms. The molecule has 0 saturated heterocycles. The molecule has 0 aliphatic heterocycles. The van der Waals surface area contributed by atoms with Gasteiger partial charge < -0.3 is 5.32 Å². The van der Waals surface area contributed by atoms with Crippen molar-refractivity contribution in [1.82, 2.24) is 19.9 Å². The first-order valence-electron chi connectivity index (χ1n) is 8.67. The molecule has 3 rings (SSSR count). The average molecular weight is 404 g/mol. The molecule has 0 radical (unpaired) electrons. The van der Waals surface area contributed by atoms with Gasteiger partial charge in [-0.05, 0) is 45.0 Å².